The highest BCUT2D eigenvalue weighted by Crippen LogP contribution is 2.11. The number of aromatic nitrogens is 1. The molecule has 0 spiro atoms. The second-order valence-electron chi connectivity index (χ2n) is 3.78. The molecule has 2 heterocycles. The lowest BCUT2D eigenvalue weighted by atomic mass is 10.3. The molecule has 2 aromatic heterocycles. The van der Waals surface area contributed by atoms with E-state index < -0.39 is 11.9 Å². The first-order valence-corrected chi connectivity index (χ1v) is 5.63. The molecule has 0 saturated heterocycles. The van der Waals surface area contributed by atoms with E-state index in [1.165, 1.54) is 11.2 Å². The van der Waals surface area contributed by atoms with Crippen molar-refractivity contribution in [1.29, 1.82) is 0 Å². The first-order valence-electron chi connectivity index (χ1n) is 5.63. The molecule has 0 unspecified atom stereocenters. The molecule has 1 amide bonds. The molecular weight excluding hydrogens is 252 g/mol. The molecule has 100 valence electrons. The molecule has 7 nitrogen and oxygen atoms in total. The van der Waals surface area contributed by atoms with E-state index in [9.17, 15) is 9.59 Å². The van der Waals surface area contributed by atoms with Crippen molar-refractivity contribution in [3.63, 3.8) is 0 Å². The average Bonchev–Trinajstić information content (AvgIpc) is 3.06. The fourth-order valence-corrected chi connectivity index (χ4v) is 1.56. The Balaban J connectivity index is 2.13. The Bertz CT molecular complexity index is 573. The SMILES string of the molecule is CCN(Cc1ccco1)C(=O)c1cc(C(=O)O)on1. The lowest BCUT2D eigenvalue weighted by molar-refractivity contribution is 0.0648. The predicted octanol–water partition coefficient (Wildman–Crippen LogP) is 1.63. The third kappa shape index (κ3) is 2.82. The van der Waals surface area contributed by atoms with Crippen molar-refractivity contribution >= 4 is 11.9 Å². The highest BCUT2D eigenvalue weighted by atomic mass is 16.5. The number of carbonyl (C=O) groups is 2. The smallest absolute Gasteiger partial charge is 0.374 e. The molecule has 0 saturated carbocycles. The van der Waals surface area contributed by atoms with E-state index in [0.717, 1.165) is 6.07 Å². The summed E-state index contributed by atoms with van der Waals surface area (Å²) in [6, 6.07) is 4.59. The minimum Gasteiger partial charge on any atom is -0.475 e. The zero-order valence-corrected chi connectivity index (χ0v) is 10.2. The molecule has 0 bridgehead atoms. The Labute approximate surface area is 108 Å². The van der Waals surface area contributed by atoms with Crippen LogP contribution in [0.5, 0.6) is 0 Å². The lowest BCUT2D eigenvalue weighted by Gasteiger charge is -2.17. The third-order valence-electron chi connectivity index (χ3n) is 2.54. The Morgan fingerprint density at radius 2 is 2.26 bits per heavy atom. The van der Waals surface area contributed by atoms with Crippen LogP contribution in [0.2, 0.25) is 0 Å². The Morgan fingerprint density at radius 3 is 2.79 bits per heavy atom. The van der Waals surface area contributed by atoms with Gasteiger partial charge >= 0.3 is 5.97 Å². The largest absolute Gasteiger partial charge is 0.475 e. The van der Waals surface area contributed by atoms with Gasteiger partial charge in [-0.3, -0.25) is 4.79 Å². The van der Waals surface area contributed by atoms with E-state index in [2.05, 4.69) is 9.68 Å². The van der Waals surface area contributed by atoms with Gasteiger partial charge in [0.25, 0.3) is 5.91 Å². The maximum absolute atomic E-state index is 12.1. The molecule has 0 aromatic carbocycles. The lowest BCUT2D eigenvalue weighted by Crippen LogP contribution is -2.30. The molecule has 0 aliphatic carbocycles. The molecule has 0 atom stereocenters. The van der Waals surface area contributed by atoms with E-state index in [-0.39, 0.29) is 18.0 Å². The molecular formula is C12H12N2O5. The predicted molar refractivity (Wildman–Crippen MR) is 62.6 cm³/mol. The van der Waals surface area contributed by atoms with Gasteiger partial charge in [0.15, 0.2) is 5.69 Å². The summed E-state index contributed by atoms with van der Waals surface area (Å²) in [6.07, 6.45) is 1.52. The Hall–Kier alpha value is -2.57. The van der Waals surface area contributed by atoms with Crippen molar-refractivity contribution in [2.24, 2.45) is 0 Å². The Morgan fingerprint density at radius 1 is 1.47 bits per heavy atom. The van der Waals surface area contributed by atoms with Crippen LogP contribution in [-0.4, -0.2) is 33.6 Å². The molecule has 7 heteroatoms. The maximum Gasteiger partial charge on any atom is 0.374 e. The van der Waals surface area contributed by atoms with Gasteiger partial charge in [-0.2, -0.15) is 0 Å². The maximum atomic E-state index is 12.1. The zero-order chi connectivity index (χ0) is 13.8. The van der Waals surface area contributed by atoms with Crippen LogP contribution < -0.4 is 0 Å². The molecule has 0 aliphatic rings. The zero-order valence-electron chi connectivity index (χ0n) is 10.2. The second-order valence-corrected chi connectivity index (χ2v) is 3.78. The first kappa shape index (κ1) is 12.9. The van der Waals surface area contributed by atoms with Crippen molar-refractivity contribution in [2.75, 3.05) is 6.54 Å². The molecule has 0 aliphatic heterocycles. The van der Waals surface area contributed by atoms with Crippen LogP contribution in [-0.2, 0) is 6.54 Å². The highest BCUT2D eigenvalue weighted by Gasteiger charge is 2.21. The van der Waals surface area contributed by atoms with Crippen LogP contribution in [0, 0.1) is 0 Å². The summed E-state index contributed by atoms with van der Waals surface area (Å²) in [5.41, 5.74) is -0.0363. The minimum absolute atomic E-state index is 0.0363. The summed E-state index contributed by atoms with van der Waals surface area (Å²) in [4.78, 5) is 24.2. The van der Waals surface area contributed by atoms with Crippen LogP contribution in [0.3, 0.4) is 0 Å². The minimum atomic E-state index is -1.26. The quantitative estimate of drug-likeness (QED) is 0.881. The molecule has 2 rings (SSSR count). The molecule has 19 heavy (non-hydrogen) atoms. The highest BCUT2D eigenvalue weighted by molar-refractivity contribution is 5.94. The van der Waals surface area contributed by atoms with Gasteiger partial charge in [-0.15, -0.1) is 0 Å². The van der Waals surface area contributed by atoms with Gasteiger partial charge in [0.1, 0.15) is 5.76 Å². The van der Waals surface area contributed by atoms with Crippen molar-refractivity contribution in [3.8, 4) is 0 Å². The number of carbonyl (C=O) groups excluding carboxylic acids is 1. The number of aromatic carboxylic acids is 1. The van der Waals surface area contributed by atoms with Crippen molar-refractivity contribution in [2.45, 2.75) is 13.5 Å². The van der Waals surface area contributed by atoms with Crippen molar-refractivity contribution in [3.05, 3.63) is 41.7 Å². The van der Waals surface area contributed by atoms with Gasteiger partial charge in [0.2, 0.25) is 5.76 Å². The number of carboxylic acids is 1. The second kappa shape index (κ2) is 5.38. The average molecular weight is 264 g/mol. The van der Waals surface area contributed by atoms with Crippen LogP contribution in [0.4, 0.5) is 0 Å². The van der Waals surface area contributed by atoms with Crippen LogP contribution in [0.1, 0.15) is 33.7 Å². The molecule has 2 aromatic rings. The van der Waals surface area contributed by atoms with Gasteiger partial charge in [0.05, 0.1) is 12.8 Å². The van der Waals surface area contributed by atoms with Crippen LogP contribution >= 0.6 is 0 Å². The number of carboxylic acid groups (broad SMARTS) is 1. The van der Waals surface area contributed by atoms with Gasteiger partial charge in [-0.05, 0) is 19.1 Å². The number of amides is 1. The topological polar surface area (TPSA) is 96.8 Å². The molecule has 0 radical (unpaired) electrons. The number of nitrogens with zero attached hydrogens (tertiary/aromatic N) is 2. The summed E-state index contributed by atoms with van der Waals surface area (Å²) in [7, 11) is 0. The van der Waals surface area contributed by atoms with E-state index >= 15 is 0 Å². The van der Waals surface area contributed by atoms with E-state index in [0.29, 0.717) is 12.3 Å². The summed E-state index contributed by atoms with van der Waals surface area (Å²) in [5, 5.41) is 12.2. The first-order chi connectivity index (χ1) is 9.11. The van der Waals surface area contributed by atoms with Gasteiger partial charge in [-0.1, -0.05) is 5.16 Å². The van der Waals surface area contributed by atoms with E-state index in [4.69, 9.17) is 9.52 Å². The van der Waals surface area contributed by atoms with Crippen LogP contribution in [0.15, 0.2) is 33.4 Å². The molecule has 1 N–H and O–H groups in total. The Kier molecular flexibility index (Phi) is 3.65. The third-order valence-corrected chi connectivity index (χ3v) is 2.54. The monoisotopic (exact) mass is 264 g/mol. The standard InChI is InChI=1S/C12H12N2O5/c1-2-14(7-8-4-3-5-18-8)11(15)9-6-10(12(16)17)19-13-9/h3-6H,2,7H2,1H3,(H,16,17). The van der Waals surface area contributed by atoms with Gasteiger partial charge in [0, 0.05) is 12.6 Å². The van der Waals surface area contributed by atoms with Crippen LogP contribution in [0.25, 0.3) is 0 Å². The number of furan rings is 1. The fourth-order valence-electron chi connectivity index (χ4n) is 1.56. The summed E-state index contributed by atoms with van der Waals surface area (Å²) in [5.74, 6) is -1.40. The molecule has 0 fully saturated rings. The normalized spacial score (nSPS) is 10.4. The van der Waals surface area contributed by atoms with E-state index in [1.807, 2.05) is 0 Å². The van der Waals surface area contributed by atoms with Crippen molar-refractivity contribution in [1.82, 2.24) is 10.1 Å². The van der Waals surface area contributed by atoms with Gasteiger partial charge in [-0.25, -0.2) is 4.79 Å². The number of hydrogen-bond donors (Lipinski definition) is 1. The van der Waals surface area contributed by atoms with Crippen molar-refractivity contribution < 1.29 is 23.6 Å². The summed E-state index contributed by atoms with van der Waals surface area (Å²) >= 11 is 0. The summed E-state index contributed by atoms with van der Waals surface area (Å²) < 4.78 is 9.72. The van der Waals surface area contributed by atoms with Gasteiger partial charge < -0.3 is 18.9 Å². The number of rotatable bonds is 5. The fraction of sp³-hybridized carbons (Fsp3) is 0.250. The van der Waals surface area contributed by atoms with E-state index in [1.54, 1.807) is 19.1 Å². The summed E-state index contributed by atoms with van der Waals surface area (Å²) in [6.45, 7) is 2.53. The number of hydrogen-bond acceptors (Lipinski definition) is 5.